The smallest absolute Gasteiger partial charge is 0.277 e. The zero-order valence-electron chi connectivity index (χ0n) is 23.4. The minimum atomic E-state index is -4.60. The molecule has 0 fully saturated rings. The van der Waals surface area contributed by atoms with Gasteiger partial charge < -0.3 is 14.6 Å². The quantitative estimate of drug-likeness (QED) is 0.266. The average Bonchev–Trinajstić information content (AvgIpc) is 2.96. The molecule has 0 spiro atoms. The first-order valence-corrected chi connectivity index (χ1v) is 14.4. The maximum atomic E-state index is 14.0. The Bertz CT molecular complexity index is 1820. The van der Waals surface area contributed by atoms with Crippen LogP contribution in [0.2, 0.25) is 0 Å². The molecule has 12 heteroatoms. The fraction of sp³-hybridized carbons (Fsp3) is 0.267. The number of benzene rings is 2. The molecule has 10 nitrogen and oxygen atoms in total. The summed E-state index contributed by atoms with van der Waals surface area (Å²) in [5, 5.41) is 20.3. The van der Waals surface area contributed by atoms with E-state index in [4.69, 9.17) is 9.47 Å². The molecule has 0 aliphatic carbocycles. The van der Waals surface area contributed by atoms with E-state index in [0.29, 0.717) is 27.8 Å². The highest BCUT2D eigenvalue weighted by atomic mass is 32.2. The van der Waals surface area contributed by atoms with Crippen molar-refractivity contribution < 1.29 is 27.4 Å². The summed E-state index contributed by atoms with van der Waals surface area (Å²) in [6.45, 7) is 4.81. The number of hydrogen-bond donors (Lipinski definition) is 1. The van der Waals surface area contributed by atoms with Gasteiger partial charge >= 0.3 is 0 Å². The van der Waals surface area contributed by atoms with Crippen LogP contribution in [0.5, 0.6) is 5.88 Å². The van der Waals surface area contributed by atoms with Crippen molar-refractivity contribution in [2.45, 2.75) is 49.3 Å². The van der Waals surface area contributed by atoms with Gasteiger partial charge in [-0.2, -0.15) is 14.6 Å². The lowest BCUT2D eigenvalue weighted by atomic mass is 10.0. The first-order chi connectivity index (χ1) is 20.0. The van der Waals surface area contributed by atoms with Gasteiger partial charge in [-0.25, -0.2) is 13.4 Å². The van der Waals surface area contributed by atoms with Gasteiger partial charge in [0.25, 0.3) is 5.56 Å². The van der Waals surface area contributed by atoms with E-state index in [2.05, 4.69) is 9.97 Å². The second-order valence-corrected chi connectivity index (χ2v) is 11.6. The number of ether oxygens (including phenoxy) is 2. The maximum absolute atomic E-state index is 14.0. The van der Waals surface area contributed by atoms with Crippen molar-refractivity contribution >= 4 is 9.84 Å². The Kier molecular flexibility index (Phi) is 9.16. The Balaban J connectivity index is 1.90. The minimum absolute atomic E-state index is 0.0277. The number of aromatic hydroxyl groups is 1. The molecule has 1 atom stereocenters. The highest BCUT2D eigenvalue weighted by molar-refractivity contribution is 7.91. The molecule has 0 unspecified atom stereocenters. The highest BCUT2D eigenvalue weighted by Gasteiger charge is 2.32. The predicted molar refractivity (Wildman–Crippen MR) is 151 cm³/mol. The zero-order chi connectivity index (χ0) is 30.6. The van der Waals surface area contributed by atoms with E-state index in [1.165, 1.54) is 37.6 Å². The predicted octanol–water partition coefficient (Wildman–Crippen LogP) is 4.32. The van der Waals surface area contributed by atoms with Crippen LogP contribution in [0.15, 0.2) is 75.4 Å². The van der Waals surface area contributed by atoms with Crippen molar-refractivity contribution in [2.24, 2.45) is 0 Å². The van der Waals surface area contributed by atoms with Crippen LogP contribution >= 0.6 is 0 Å². The number of aromatic nitrogens is 3. The number of hydrogen-bond acceptors (Lipinski definition) is 9. The van der Waals surface area contributed by atoms with E-state index >= 15 is 0 Å². The van der Waals surface area contributed by atoms with Crippen molar-refractivity contribution in [1.82, 2.24) is 14.5 Å². The summed E-state index contributed by atoms with van der Waals surface area (Å²) in [6.07, 6.45) is 1.04. The molecule has 4 aromatic rings. The van der Waals surface area contributed by atoms with Crippen LogP contribution in [0.3, 0.4) is 0 Å². The third kappa shape index (κ3) is 6.08. The van der Waals surface area contributed by atoms with Crippen LogP contribution in [0.25, 0.3) is 11.1 Å². The maximum Gasteiger partial charge on any atom is 0.277 e. The average molecular weight is 593 g/mol. The molecule has 0 radical (unpaired) electrons. The molecule has 2 aromatic heterocycles. The number of nitrogens with zero attached hydrogens (tertiary/aromatic N) is 4. The van der Waals surface area contributed by atoms with Gasteiger partial charge in [-0.3, -0.25) is 9.36 Å². The second-order valence-electron chi connectivity index (χ2n) is 9.73. The number of methoxy groups -OCH3 is 1. The number of sulfone groups is 1. The number of halogens is 1. The number of rotatable bonds is 10. The summed E-state index contributed by atoms with van der Waals surface area (Å²) < 4.78 is 53.8. The van der Waals surface area contributed by atoms with Gasteiger partial charge in [0.2, 0.25) is 21.7 Å². The van der Waals surface area contributed by atoms with Crippen LogP contribution in [0.4, 0.5) is 4.39 Å². The van der Waals surface area contributed by atoms with E-state index in [1.54, 1.807) is 51.1 Å². The molecule has 2 aromatic carbocycles. The highest BCUT2D eigenvalue weighted by Crippen LogP contribution is 2.30. The molecule has 4 rings (SSSR count). The summed E-state index contributed by atoms with van der Waals surface area (Å²) in [5.41, 5.74) is 1.13. The third-order valence-corrected chi connectivity index (χ3v) is 8.39. The summed E-state index contributed by atoms with van der Waals surface area (Å²) in [6, 6.07) is 14.7. The lowest BCUT2D eigenvalue weighted by Gasteiger charge is -2.24. The fourth-order valence-corrected chi connectivity index (χ4v) is 5.84. The van der Waals surface area contributed by atoms with E-state index in [-0.39, 0.29) is 30.0 Å². The molecule has 0 aliphatic rings. The Morgan fingerprint density at radius 2 is 1.86 bits per heavy atom. The fourth-order valence-electron chi connectivity index (χ4n) is 4.50. The zero-order valence-corrected chi connectivity index (χ0v) is 24.2. The van der Waals surface area contributed by atoms with Crippen molar-refractivity contribution in [3.8, 4) is 23.1 Å². The van der Waals surface area contributed by atoms with Gasteiger partial charge in [0.15, 0.2) is 4.90 Å². The molecule has 0 bridgehead atoms. The van der Waals surface area contributed by atoms with E-state index < -0.39 is 38.2 Å². The lowest BCUT2D eigenvalue weighted by molar-refractivity contribution is 0.0557. The third-order valence-electron chi connectivity index (χ3n) is 6.60. The van der Waals surface area contributed by atoms with Crippen LogP contribution < -0.4 is 5.56 Å². The van der Waals surface area contributed by atoms with Crippen LogP contribution in [0, 0.1) is 24.2 Å². The monoisotopic (exact) mass is 592 g/mol. The number of pyridine rings is 1. The summed E-state index contributed by atoms with van der Waals surface area (Å²) >= 11 is 0. The standard InChI is InChI=1S/C30H29FN4O6S/c1-18(2)41-17-26-34-29(36)27(30(37)35(26)25(16-40-4)22-7-5-6-20(14-22)15-32)42(38,39)23-10-8-21(9-11-23)24-12-13-33-28(31)19(24)3/h5-14,18,25,36H,16-17H2,1-4H3/t25-/m0/s1. The van der Waals surface area contributed by atoms with Gasteiger partial charge in [0, 0.05) is 18.9 Å². The summed E-state index contributed by atoms with van der Waals surface area (Å²) in [4.78, 5) is 20.6. The van der Waals surface area contributed by atoms with Gasteiger partial charge in [-0.05, 0) is 67.8 Å². The molecule has 218 valence electrons. The summed E-state index contributed by atoms with van der Waals surface area (Å²) in [7, 11) is -3.18. The van der Waals surface area contributed by atoms with Gasteiger partial charge in [-0.1, -0.05) is 24.3 Å². The minimum Gasteiger partial charge on any atom is -0.492 e. The molecule has 0 saturated carbocycles. The number of nitriles is 1. The molecular weight excluding hydrogens is 563 g/mol. The Hall–Kier alpha value is -4.44. The van der Waals surface area contributed by atoms with E-state index in [9.17, 15) is 28.0 Å². The van der Waals surface area contributed by atoms with Crippen molar-refractivity contribution in [3.63, 3.8) is 0 Å². The first kappa shape index (κ1) is 30.5. The van der Waals surface area contributed by atoms with Gasteiger partial charge in [0.1, 0.15) is 12.4 Å². The molecule has 2 heterocycles. The molecular formula is C30H29FN4O6S. The van der Waals surface area contributed by atoms with Crippen molar-refractivity contribution in [3.05, 3.63) is 99.6 Å². The topological polar surface area (TPSA) is 144 Å². The van der Waals surface area contributed by atoms with Crippen LogP contribution in [-0.2, 0) is 25.9 Å². The molecule has 0 saturated heterocycles. The molecule has 0 aliphatic heterocycles. The van der Waals surface area contributed by atoms with Gasteiger partial charge in [-0.15, -0.1) is 0 Å². The van der Waals surface area contributed by atoms with Crippen LogP contribution in [-0.4, -0.2) is 47.9 Å². The largest absolute Gasteiger partial charge is 0.492 e. The Morgan fingerprint density at radius 1 is 1.14 bits per heavy atom. The first-order valence-electron chi connectivity index (χ1n) is 12.9. The lowest BCUT2D eigenvalue weighted by Crippen LogP contribution is -2.35. The van der Waals surface area contributed by atoms with Crippen molar-refractivity contribution in [2.75, 3.05) is 13.7 Å². The molecule has 42 heavy (non-hydrogen) atoms. The van der Waals surface area contributed by atoms with Crippen LogP contribution in [0.1, 0.15) is 42.4 Å². The Morgan fingerprint density at radius 3 is 2.50 bits per heavy atom. The molecule has 0 amide bonds. The second kappa shape index (κ2) is 12.6. The van der Waals surface area contributed by atoms with Crippen molar-refractivity contribution in [1.29, 1.82) is 5.26 Å². The normalized spacial score (nSPS) is 12.3. The summed E-state index contributed by atoms with van der Waals surface area (Å²) in [5.74, 6) is -1.65. The van der Waals surface area contributed by atoms with Gasteiger partial charge in [0.05, 0.1) is 35.3 Å². The van der Waals surface area contributed by atoms with E-state index in [1.807, 2.05) is 6.07 Å². The SMILES string of the molecule is COC[C@@H](c1cccc(C#N)c1)n1c(COC(C)C)nc(O)c(S(=O)(=O)c2ccc(-c3ccnc(F)c3C)cc2)c1=O. The molecule has 1 N–H and O–H groups in total. The van der Waals surface area contributed by atoms with E-state index in [0.717, 1.165) is 4.57 Å². The Labute approximate surface area is 242 Å².